The summed E-state index contributed by atoms with van der Waals surface area (Å²) in [7, 11) is 2.77. The van der Waals surface area contributed by atoms with Crippen molar-refractivity contribution in [2.75, 3.05) is 20.8 Å². The largest absolute Gasteiger partial charge is 0.466 e. The van der Waals surface area contributed by atoms with Crippen LogP contribution in [0.1, 0.15) is 25.5 Å². The molecule has 1 aromatic rings. The molecule has 0 saturated carbocycles. The second-order valence-corrected chi connectivity index (χ2v) is 6.07. The van der Waals surface area contributed by atoms with Gasteiger partial charge in [0.2, 0.25) is 0 Å². The molecular formula is C17H20F2N2O3S. The highest BCUT2D eigenvalue weighted by Crippen LogP contribution is 2.34. The van der Waals surface area contributed by atoms with E-state index in [1.165, 1.54) is 13.2 Å². The van der Waals surface area contributed by atoms with Crippen LogP contribution >= 0.6 is 12.2 Å². The zero-order chi connectivity index (χ0) is 18.7. The van der Waals surface area contributed by atoms with E-state index in [1.54, 1.807) is 18.9 Å². The van der Waals surface area contributed by atoms with Gasteiger partial charge in [0, 0.05) is 12.8 Å². The summed E-state index contributed by atoms with van der Waals surface area (Å²) < 4.78 is 38.5. The molecule has 1 N–H and O–H groups in total. The maximum Gasteiger partial charge on any atom is 0.337 e. The number of esters is 1. The normalized spacial score (nSPS) is 18.9. The Bertz CT molecular complexity index is 704. The molecule has 1 heterocycles. The first-order valence-electron chi connectivity index (χ1n) is 7.65. The van der Waals surface area contributed by atoms with E-state index >= 15 is 0 Å². The molecule has 0 bridgehead atoms. The second kappa shape index (κ2) is 7.88. The van der Waals surface area contributed by atoms with Gasteiger partial charge in [-0.15, -0.1) is 0 Å². The van der Waals surface area contributed by atoms with E-state index in [9.17, 15) is 13.6 Å². The van der Waals surface area contributed by atoms with Gasteiger partial charge in [-0.1, -0.05) is 6.07 Å². The molecule has 136 valence electrons. The van der Waals surface area contributed by atoms with E-state index in [0.717, 1.165) is 12.1 Å². The molecule has 0 aliphatic carbocycles. The Kier molecular flexibility index (Phi) is 6.07. The summed E-state index contributed by atoms with van der Waals surface area (Å²) >= 11 is 5.36. The van der Waals surface area contributed by atoms with E-state index in [4.69, 9.17) is 21.7 Å². The number of hydrogen-bond acceptors (Lipinski definition) is 4. The van der Waals surface area contributed by atoms with Gasteiger partial charge in [-0.3, -0.25) is 0 Å². The standard InChI is InChI=1S/C17H20F2N2O3S/c1-9(8-23-3)21-10(2)13(16(22)24-4)15(20-17(21)25)14-11(18)6-5-7-12(14)19/h5-7,9,15H,8H2,1-4H3,(H,20,25)/t9-,15-/m0/s1. The van der Waals surface area contributed by atoms with Crippen LogP contribution in [0.2, 0.25) is 0 Å². The Hall–Kier alpha value is -2.06. The van der Waals surface area contributed by atoms with Crippen molar-refractivity contribution in [2.24, 2.45) is 0 Å². The van der Waals surface area contributed by atoms with Gasteiger partial charge in [-0.2, -0.15) is 0 Å². The average Bonchev–Trinajstić information content (AvgIpc) is 2.54. The van der Waals surface area contributed by atoms with Crippen molar-refractivity contribution in [2.45, 2.75) is 25.9 Å². The lowest BCUT2D eigenvalue weighted by Crippen LogP contribution is -2.52. The Morgan fingerprint density at radius 3 is 2.48 bits per heavy atom. The van der Waals surface area contributed by atoms with Gasteiger partial charge in [0.15, 0.2) is 5.11 Å². The number of halogens is 2. The van der Waals surface area contributed by atoms with Crippen LogP contribution in [0.3, 0.4) is 0 Å². The number of carbonyl (C=O) groups is 1. The van der Waals surface area contributed by atoms with Crippen LogP contribution in [0.5, 0.6) is 0 Å². The SMILES string of the molecule is COC[C@H](C)N1C(=S)N[C@H](c2c(F)cccc2F)C(C(=O)OC)=C1C. The van der Waals surface area contributed by atoms with E-state index in [1.807, 2.05) is 6.92 Å². The van der Waals surface area contributed by atoms with Crippen molar-refractivity contribution in [3.8, 4) is 0 Å². The van der Waals surface area contributed by atoms with Gasteiger partial charge in [-0.05, 0) is 38.2 Å². The van der Waals surface area contributed by atoms with Crippen LogP contribution in [-0.4, -0.2) is 42.8 Å². The van der Waals surface area contributed by atoms with Gasteiger partial charge in [-0.25, -0.2) is 13.6 Å². The fourth-order valence-corrected chi connectivity index (χ4v) is 3.42. The lowest BCUT2D eigenvalue weighted by Gasteiger charge is -2.40. The molecule has 0 unspecified atom stereocenters. The average molecular weight is 370 g/mol. The van der Waals surface area contributed by atoms with Crippen LogP contribution in [0.4, 0.5) is 8.78 Å². The molecule has 0 aromatic heterocycles. The highest BCUT2D eigenvalue weighted by Gasteiger charge is 2.38. The minimum atomic E-state index is -1.08. The van der Waals surface area contributed by atoms with Crippen LogP contribution in [0, 0.1) is 11.6 Å². The number of benzene rings is 1. The molecule has 0 spiro atoms. The van der Waals surface area contributed by atoms with Gasteiger partial charge >= 0.3 is 5.97 Å². The Morgan fingerprint density at radius 2 is 1.96 bits per heavy atom. The van der Waals surface area contributed by atoms with E-state index in [2.05, 4.69) is 5.32 Å². The van der Waals surface area contributed by atoms with Crippen molar-refractivity contribution in [3.05, 3.63) is 46.7 Å². The Labute approximate surface area is 150 Å². The van der Waals surface area contributed by atoms with Gasteiger partial charge < -0.3 is 19.7 Å². The lowest BCUT2D eigenvalue weighted by atomic mass is 9.93. The predicted molar refractivity (Wildman–Crippen MR) is 92.7 cm³/mol. The van der Waals surface area contributed by atoms with E-state index in [-0.39, 0.29) is 22.3 Å². The van der Waals surface area contributed by atoms with Crippen molar-refractivity contribution >= 4 is 23.3 Å². The molecule has 2 atom stereocenters. The summed E-state index contributed by atoms with van der Waals surface area (Å²) in [4.78, 5) is 14.0. The zero-order valence-electron chi connectivity index (χ0n) is 14.4. The van der Waals surface area contributed by atoms with Crippen molar-refractivity contribution in [3.63, 3.8) is 0 Å². The van der Waals surface area contributed by atoms with E-state index in [0.29, 0.717) is 12.3 Å². The number of nitrogens with one attached hydrogen (secondary N) is 1. The first kappa shape index (κ1) is 19.3. The summed E-state index contributed by atoms with van der Waals surface area (Å²) in [5.41, 5.74) is 0.291. The van der Waals surface area contributed by atoms with Gasteiger partial charge in [0.1, 0.15) is 11.6 Å². The molecule has 0 saturated heterocycles. The molecule has 0 fully saturated rings. The quantitative estimate of drug-likeness (QED) is 0.635. The van der Waals surface area contributed by atoms with Crippen LogP contribution < -0.4 is 5.32 Å². The number of ether oxygens (including phenoxy) is 2. The molecule has 0 radical (unpaired) electrons. The number of rotatable bonds is 5. The number of allylic oxidation sites excluding steroid dienone is 1. The third-order valence-electron chi connectivity index (χ3n) is 4.07. The molecule has 0 amide bonds. The number of nitrogens with zero attached hydrogens (tertiary/aromatic N) is 1. The summed E-state index contributed by atoms with van der Waals surface area (Å²) in [6.45, 7) is 3.88. The topological polar surface area (TPSA) is 50.8 Å². The monoisotopic (exact) mass is 370 g/mol. The number of hydrogen-bond donors (Lipinski definition) is 1. The molecule has 2 rings (SSSR count). The van der Waals surface area contributed by atoms with Crippen LogP contribution in [0.25, 0.3) is 0 Å². The van der Waals surface area contributed by atoms with Crippen molar-refractivity contribution in [1.82, 2.24) is 10.2 Å². The van der Waals surface area contributed by atoms with Crippen molar-refractivity contribution < 1.29 is 23.0 Å². The molecular weight excluding hydrogens is 350 g/mol. The number of carbonyl (C=O) groups excluding carboxylic acids is 1. The lowest BCUT2D eigenvalue weighted by molar-refractivity contribution is -0.136. The smallest absolute Gasteiger partial charge is 0.337 e. The minimum absolute atomic E-state index is 0.100. The third-order valence-corrected chi connectivity index (χ3v) is 4.38. The van der Waals surface area contributed by atoms with Crippen molar-refractivity contribution in [1.29, 1.82) is 0 Å². The summed E-state index contributed by atoms with van der Waals surface area (Å²) in [5.74, 6) is -2.23. The molecule has 1 aromatic carbocycles. The zero-order valence-corrected chi connectivity index (χ0v) is 15.2. The fraction of sp³-hybridized carbons (Fsp3) is 0.412. The Balaban J connectivity index is 2.62. The second-order valence-electron chi connectivity index (χ2n) is 5.68. The summed E-state index contributed by atoms with van der Waals surface area (Å²) in [5, 5.41) is 3.11. The highest BCUT2D eigenvalue weighted by molar-refractivity contribution is 7.80. The molecule has 1 aliphatic heterocycles. The third kappa shape index (κ3) is 3.64. The first-order chi connectivity index (χ1) is 11.8. The van der Waals surface area contributed by atoms with Crippen LogP contribution in [-0.2, 0) is 14.3 Å². The molecule has 1 aliphatic rings. The molecule has 8 heteroatoms. The van der Waals surface area contributed by atoms with Crippen LogP contribution in [0.15, 0.2) is 29.5 Å². The fourth-order valence-electron chi connectivity index (χ4n) is 2.98. The summed E-state index contributed by atoms with van der Waals surface area (Å²) in [6.07, 6.45) is 0. The predicted octanol–water partition coefficient (Wildman–Crippen LogP) is 2.68. The van der Waals surface area contributed by atoms with E-state index < -0.39 is 23.6 Å². The Morgan fingerprint density at radius 1 is 1.36 bits per heavy atom. The minimum Gasteiger partial charge on any atom is -0.466 e. The maximum atomic E-state index is 14.3. The van der Waals surface area contributed by atoms with Gasteiger partial charge in [0.25, 0.3) is 0 Å². The first-order valence-corrected chi connectivity index (χ1v) is 8.05. The maximum absolute atomic E-state index is 14.3. The number of thiocarbonyl (C=S) groups is 1. The highest BCUT2D eigenvalue weighted by atomic mass is 32.1. The summed E-state index contributed by atoms with van der Waals surface area (Å²) in [6, 6.07) is 2.26. The molecule has 25 heavy (non-hydrogen) atoms. The van der Waals surface area contributed by atoms with Gasteiger partial charge in [0.05, 0.1) is 36.9 Å². The number of methoxy groups -OCH3 is 2. The molecule has 5 nitrogen and oxygen atoms in total.